The van der Waals surface area contributed by atoms with E-state index in [1.54, 1.807) is 17.7 Å². The van der Waals surface area contributed by atoms with Gasteiger partial charge in [0.1, 0.15) is 12.1 Å². The second-order valence-corrected chi connectivity index (χ2v) is 4.91. The lowest BCUT2D eigenvalue weighted by Crippen LogP contribution is -2.12. The van der Waals surface area contributed by atoms with Gasteiger partial charge in [-0.2, -0.15) is 0 Å². The third-order valence-corrected chi connectivity index (χ3v) is 3.68. The zero-order chi connectivity index (χ0) is 11.5. The van der Waals surface area contributed by atoms with E-state index in [1.165, 1.54) is 24.1 Å². The Balaban J connectivity index is 1.78. The van der Waals surface area contributed by atoms with E-state index in [-0.39, 0.29) is 0 Å². The van der Waals surface area contributed by atoms with Crippen LogP contribution < -0.4 is 5.32 Å². The first-order valence-corrected chi connectivity index (χ1v) is 6.81. The van der Waals surface area contributed by atoms with Crippen molar-refractivity contribution in [1.29, 1.82) is 0 Å². The molecular weight excluding hydrogens is 232 g/mol. The number of nitrogens with zero attached hydrogens (tertiary/aromatic N) is 3. The van der Waals surface area contributed by atoms with Crippen LogP contribution >= 0.6 is 11.3 Å². The van der Waals surface area contributed by atoms with Gasteiger partial charge in [-0.15, -0.1) is 11.3 Å². The number of hydrogen-bond acceptors (Lipinski definition) is 5. The summed E-state index contributed by atoms with van der Waals surface area (Å²) in [4.78, 5) is 13.0. The molecule has 17 heavy (non-hydrogen) atoms. The van der Waals surface area contributed by atoms with Crippen LogP contribution in [-0.4, -0.2) is 15.0 Å². The lowest BCUT2D eigenvalue weighted by molar-refractivity contribution is 0.663. The van der Waals surface area contributed by atoms with E-state index in [0.29, 0.717) is 0 Å². The highest BCUT2D eigenvalue weighted by Gasteiger charge is 2.15. The van der Waals surface area contributed by atoms with Gasteiger partial charge in [0.25, 0.3) is 0 Å². The Morgan fingerprint density at radius 3 is 3.00 bits per heavy atom. The molecule has 1 N–H and O–H groups in total. The van der Waals surface area contributed by atoms with Crippen molar-refractivity contribution in [2.24, 2.45) is 0 Å². The first-order valence-electron chi connectivity index (χ1n) is 5.87. The molecule has 0 aliphatic heterocycles. The second kappa shape index (κ2) is 4.79. The molecule has 0 spiro atoms. The van der Waals surface area contributed by atoms with E-state index in [2.05, 4.69) is 25.6 Å². The Hall–Kier alpha value is -1.49. The fraction of sp³-hybridized carbons (Fsp3) is 0.417. The highest BCUT2D eigenvalue weighted by atomic mass is 32.1. The van der Waals surface area contributed by atoms with Gasteiger partial charge in [-0.25, -0.2) is 15.0 Å². The lowest BCUT2D eigenvalue weighted by Gasteiger charge is -2.17. The molecule has 0 fully saturated rings. The minimum atomic E-state index is 0.743. The summed E-state index contributed by atoms with van der Waals surface area (Å²) < 4.78 is 0. The Labute approximate surface area is 104 Å². The summed E-state index contributed by atoms with van der Waals surface area (Å²) in [5.41, 5.74) is 5.44. The lowest BCUT2D eigenvalue weighted by atomic mass is 9.96. The predicted octanol–water partition coefficient (Wildman–Crippen LogP) is 2.42. The summed E-state index contributed by atoms with van der Waals surface area (Å²) >= 11 is 1.62. The quantitative estimate of drug-likeness (QED) is 0.903. The molecular formula is C12H14N4S. The Kier molecular flexibility index (Phi) is 3.00. The third kappa shape index (κ3) is 2.29. The number of anilines is 1. The Bertz CT molecular complexity index is 495. The first kappa shape index (κ1) is 10.7. The minimum Gasteiger partial charge on any atom is -0.364 e. The second-order valence-electron chi connectivity index (χ2n) is 4.19. The average Bonchev–Trinajstić information content (AvgIpc) is 2.89. The predicted molar refractivity (Wildman–Crippen MR) is 68.1 cm³/mol. The van der Waals surface area contributed by atoms with Crippen molar-refractivity contribution in [1.82, 2.24) is 15.0 Å². The van der Waals surface area contributed by atoms with Crippen molar-refractivity contribution in [2.75, 3.05) is 5.32 Å². The topological polar surface area (TPSA) is 50.7 Å². The molecule has 0 saturated heterocycles. The molecule has 0 atom stereocenters. The number of nitrogens with one attached hydrogen (secondary N) is 1. The van der Waals surface area contributed by atoms with Crippen LogP contribution in [0.4, 0.5) is 5.82 Å². The zero-order valence-electron chi connectivity index (χ0n) is 9.52. The highest BCUT2D eigenvalue weighted by molar-refractivity contribution is 7.07. The summed E-state index contributed by atoms with van der Waals surface area (Å²) in [7, 11) is 0. The fourth-order valence-corrected chi connectivity index (χ4v) is 2.73. The third-order valence-electron chi connectivity index (χ3n) is 3.05. The minimum absolute atomic E-state index is 0.743. The van der Waals surface area contributed by atoms with Gasteiger partial charge in [0, 0.05) is 16.6 Å². The molecule has 0 amide bonds. The van der Waals surface area contributed by atoms with Crippen molar-refractivity contribution in [2.45, 2.75) is 32.2 Å². The van der Waals surface area contributed by atoms with E-state index in [1.807, 2.05) is 5.51 Å². The van der Waals surface area contributed by atoms with Gasteiger partial charge in [-0.05, 0) is 25.7 Å². The molecule has 0 aromatic carbocycles. The maximum Gasteiger partial charge on any atom is 0.133 e. The van der Waals surface area contributed by atoms with Crippen LogP contribution in [0.5, 0.6) is 0 Å². The molecule has 0 bridgehead atoms. The molecule has 1 aliphatic rings. The van der Waals surface area contributed by atoms with Gasteiger partial charge in [0.15, 0.2) is 0 Å². The van der Waals surface area contributed by atoms with E-state index in [4.69, 9.17) is 0 Å². The van der Waals surface area contributed by atoms with Crippen LogP contribution in [-0.2, 0) is 19.4 Å². The smallest absolute Gasteiger partial charge is 0.133 e. The summed E-state index contributed by atoms with van der Waals surface area (Å²) in [6, 6.07) is 0. The van der Waals surface area contributed by atoms with Gasteiger partial charge in [0.05, 0.1) is 17.7 Å². The van der Waals surface area contributed by atoms with Gasteiger partial charge in [-0.3, -0.25) is 0 Å². The summed E-state index contributed by atoms with van der Waals surface area (Å²) in [5, 5.41) is 5.42. The normalized spacial score (nSPS) is 14.4. The van der Waals surface area contributed by atoms with Crippen LogP contribution in [0.2, 0.25) is 0 Å². The molecule has 2 aromatic rings. The fourth-order valence-electron chi connectivity index (χ4n) is 2.17. The maximum absolute atomic E-state index is 4.36. The molecule has 0 radical (unpaired) electrons. The molecule has 3 rings (SSSR count). The maximum atomic E-state index is 4.36. The van der Waals surface area contributed by atoms with Gasteiger partial charge >= 0.3 is 0 Å². The summed E-state index contributed by atoms with van der Waals surface area (Å²) in [5.74, 6) is 0.989. The van der Waals surface area contributed by atoms with Crippen molar-refractivity contribution in [3.63, 3.8) is 0 Å². The monoisotopic (exact) mass is 246 g/mol. The largest absolute Gasteiger partial charge is 0.364 e. The zero-order valence-corrected chi connectivity index (χ0v) is 10.3. The number of rotatable bonds is 3. The van der Waals surface area contributed by atoms with E-state index in [0.717, 1.165) is 30.9 Å². The Morgan fingerprint density at radius 2 is 2.12 bits per heavy atom. The van der Waals surface area contributed by atoms with Crippen LogP contribution in [0.1, 0.15) is 29.8 Å². The highest BCUT2D eigenvalue weighted by Crippen LogP contribution is 2.24. The molecule has 2 heterocycles. The van der Waals surface area contributed by atoms with Crippen molar-refractivity contribution < 1.29 is 0 Å². The van der Waals surface area contributed by atoms with Crippen LogP contribution in [0.25, 0.3) is 0 Å². The van der Waals surface area contributed by atoms with Gasteiger partial charge in [-0.1, -0.05) is 0 Å². The van der Waals surface area contributed by atoms with Crippen molar-refractivity contribution >= 4 is 17.2 Å². The summed E-state index contributed by atoms with van der Waals surface area (Å²) in [6.45, 7) is 0.743. The van der Waals surface area contributed by atoms with E-state index in [9.17, 15) is 0 Å². The molecule has 2 aromatic heterocycles. The van der Waals surface area contributed by atoms with Gasteiger partial charge < -0.3 is 5.32 Å². The number of fused-ring (bicyclic) bond motifs is 1. The summed E-state index contributed by atoms with van der Waals surface area (Å²) in [6.07, 6.45) is 6.33. The van der Waals surface area contributed by atoms with Crippen molar-refractivity contribution in [3.05, 3.63) is 34.2 Å². The van der Waals surface area contributed by atoms with E-state index >= 15 is 0 Å². The van der Waals surface area contributed by atoms with Crippen LogP contribution in [0.15, 0.2) is 17.2 Å². The molecule has 5 heteroatoms. The van der Waals surface area contributed by atoms with Crippen molar-refractivity contribution in [3.8, 4) is 0 Å². The number of thiazole rings is 1. The SMILES string of the molecule is c1nc2c(c(NCc3cscn3)n1)CCCC2. The number of hydrogen-bond donors (Lipinski definition) is 1. The molecule has 4 nitrogen and oxygen atoms in total. The van der Waals surface area contributed by atoms with Gasteiger partial charge in [0.2, 0.25) is 0 Å². The molecule has 0 saturated carbocycles. The average molecular weight is 246 g/mol. The standard InChI is InChI=1S/C12H14N4S/c1-2-4-11-10(3-1)12(15-7-14-11)13-5-9-6-17-8-16-9/h6-8H,1-5H2,(H,13,14,15). The number of aryl methyl sites for hydroxylation is 1. The number of aromatic nitrogens is 3. The Morgan fingerprint density at radius 1 is 1.18 bits per heavy atom. The molecule has 88 valence electrons. The first-order chi connectivity index (χ1) is 8.43. The molecule has 1 aliphatic carbocycles. The molecule has 0 unspecified atom stereocenters. The van der Waals surface area contributed by atoms with Crippen LogP contribution in [0, 0.1) is 0 Å². The van der Waals surface area contributed by atoms with E-state index < -0.39 is 0 Å². The van der Waals surface area contributed by atoms with Crippen LogP contribution in [0.3, 0.4) is 0 Å².